The number of benzene rings is 2. The normalized spacial score (nSPS) is 11.9. The Hall–Kier alpha value is -2.33. The SMILES string of the molecule is Cc1ccc(O)c(C(=O)Nc2cccc(C(C)N)c2)c1. The summed E-state index contributed by atoms with van der Waals surface area (Å²) in [6.07, 6.45) is 0. The van der Waals surface area contributed by atoms with Crippen LogP contribution in [0.5, 0.6) is 5.75 Å². The zero-order valence-corrected chi connectivity index (χ0v) is 11.6. The summed E-state index contributed by atoms with van der Waals surface area (Å²) in [5.41, 5.74) is 8.59. The fraction of sp³-hybridized carbons (Fsp3) is 0.188. The van der Waals surface area contributed by atoms with E-state index in [1.165, 1.54) is 6.07 Å². The van der Waals surface area contributed by atoms with E-state index in [1.807, 2.05) is 32.0 Å². The van der Waals surface area contributed by atoms with Gasteiger partial charge in [0.1, 0.15) is 5.75 Å². The first kappa shape index (κ1) is 14.1. The first-order valence-electron chi connectivity index (χ1n) is 6.44. The lowest BCUT2D eigenvalue weighted by molar-refractivity contribution is 0.102. The van der Waals surface area contributed by atoms with E-state index in [2.05, 4.69) is 5.32 Å². The van der Waals surface area contributed by atoms with Crippen LogP contribution in [0.1, 0.15) is 34.5 Å². The highest BCUT2D eigenvalue weighted by molar-refractivity contribution is 6.06. The number of phenolic OH excluding ortho intramolecular Hbond substituents is 1. The number of carbonyl (C=O) groups excluding carboxylic acids is 1. The van der Waals surface area contributed by atoms with Crippen LogP contribution in [-0.2, 0) is 0 Å². The molecule has 0 heterocycles. The Bertz CT molecular complexity index is 636. The molecular formula is C16H18N2O2. The van der Waals surface area contributed by atoms with Crippen LogP contribution in [0.25, 0.3) is 0 Å². The number of nitrogens with two attached hydrogens (primary N) is 1. The summed E-state index contributed by atoms with van der Waals surface area (Å²) >= 11 is 0. The average Bonchev–Trinajstić information content (AvgIpc) is 2.41. The second-order valence-corrected chi connectivity index (χ2v) is 4.89. The highest BCUT2D eigenvalue weighted by atomic mass is 16.3. The number of carbonyl (C=O) groups is 1. The monoisotopic (exact) mass is 270 g/mol. The Labute approximate surface area is 118 Å². The lowest BCUT2D eigenvalue weighted by atomic mass is 10.1. The van der Waals surface area contributed by atoms with Crippen molar-refractivity contribution in [2.24, 2.45) is 5.73 Å². The number of hydrogen-bond acceptors (Lipinski definition) is 3. The van der Waals surface area contributed by atoms with Crippen LogP contribution in [0.3, 0.4) is 0 Å². The van der Waals surface area contributed by atoms with Gasteiger partial charge in [-0.05, 0) is 43.7 Å². The maximum atomic E-state index is 12.2. The van der Waals surface area contributed by atoms with Gasteiger partial charge >= 0.3 is 0 Å². The third kappa shape index (κ3) is 3.16. The Morgan fingerprint density at radius 3 is 2.70 bits per heavy atom. The minimum atomic E-state index is -0.340. The molecular weight excluding hydrogens is 252 g/mol. The molecule has 4 heteroatoms. The molecule has 2 aromatic carbocycles. The Morgan fingerprint density at radius 2 is 2.00 bits per heavy atom. The molecule has 0 bridgehead atoms. The highest BCUT2D eigenvalue weighted by Crippen LogP contribution is 2.21. The number of aryl methyl sites for hydroxylation is 1. The van der Waals surface area contributed by atoms with Gasteiger partial charge in [-0.1, -0.05) is 23.8 Å². The maximum absolute atomic E-state index is 12.2. The second kappa shape index (κ2) is 5.75. The van der Waals surface area contributed by atoms with E-state index in [-0.39, 0.29) is 23.3 Å². The molecule has 0 aromatic heterocycles. The molecule has 0 aliphatic rings. The van der Waals surface area contributed by atoms with Crippen LogP contribution < -0.4 is 11.1 Å². The van der Waals surface area contributed by atoms with Gasteiger partial charge in [-0.2, -0.15) is 0 Å². The standard InChI is InChI=1S/C16H18N2O2/c1-10-6-7-15(19)14(8-10)16(20)18-13-5-3-4-12(9-13)11(2)17/h3-9,11,19H,17H2,1-2H3,(H,18,20). The molecule has 0 spiro atoms. The topological polar surface area (TPSA) is 75.3 Å². The predicted octanol–water partition coefficient (Wildman–Crippen LogP) is 2.97. The second-order valence-electron chi connectivity index (χ2n) is 4.89. The summed E-state index contributed by atoms with van der Waals surface area (Å²) in [4.78, 5) is 12.2. The summed E-state index contributed by atoms with van der Waals surface area (Å²) in [6.45, 7) is 3.75. The number of rotatable bonds is 3. The van der Waals surface area contributed by atoms with Crippen LogP contribution in [-0.4, -0.2) is 11.0 Å². The molecule has 20 heavy (non-hydrogen) atoms. The average molecular weight is 270 g/mol. The largest absolute Gasteiger partial charge is 0.507 e. The van der Waals surface area contributed by atoms with E-state index in [9.17, 15) is 9.90 Å². The summed E-state index contributed by atoms with van der Waals surface area (Å²) in [5, 5.41) is 12.5. The molecule has 1 unspecified atom stereocenters. The van der Waals surface area contributed by atoms with Crippen molar-refractivity contribution < 1.29 is 9.90 Å². The molecule has 0 saturated heterocycles. The lowest BCUT2D eigenvalue weighted by Crippen LogP contribution is -2.13. The predicted molar refractivity (Wildman–Crippen MR) is 79.8 cm³/mol. The van der Waals surface area contributed by atoms with Crippen LogP contribution in [0, 0.1) is 6.92 Å². The van der Waals surface area contributed by atoms with Crippen molar-refractivity contribution in [3.63, 3.8) is 0 Å². The number of hydrogen-bond donors (Lipinski definition) is 3. The van der Waals surface area contributed by atoms with Crippen molar-refractivity contribution >= 4 is 11.6 Å². The molecule has 0 saturated carbocycles. The zero-order valence-electron chi connectivity index (χ0n) is 11.6. The van der Waals surface area contributed by atoms with E-state index < -0.39 is 0 Å². The van der Waals surface area contributed by atoms with Gasteiger partial charge in [-0.25, -0.2) is 0 Å². The summed E-state index contributed by atoms with van der Waals surface area (Å²) < 4.78 is 0. The van der Waals surface area contributed by atoms with Gasteiger partial charge in [-0.15, -0.1) is 0 Å². The van der Waals surface area contributed by atoms with Gasteiger partial charge in [0.25, 0.3) is 5.91 Å². The Kier molecular flexibility index (Phi) is 4.05. The van der Waals surface area contributed by atoms with Crippen LogP contribution >= 0.6 is 0 Å². The molecule has 2 rings (SSSR count). The van der Waals surface area contributed by atoms with Gasteiger partial charge in [0.05, 0.1) is 5.56 Å². The molecule has 1 amide bonds. The van der Waals surface area contributed by atoms with Gasteiger partial charge in [0.2, 0.25) is 0 Å². The van der Waals surface area contributed by atoms with Crippen LogP contribution in [0.2, 0.25) is 0 Å². The van der Waals surface area contributed by atoms with Crippen molar-refractivity contribution in [1.82, 2.24) is 0 Å². The van der Waals surface area contributed by atoms with Crippen LogP contribution in [0.15, 0.2) is 42.5 Å². The van der Waals surface area contributed by atoms with Gasteiger partial charge in [0, 0.05) is 11.7 Å². The van der Waals surface area contributed by atoms with E-state index >= 15 is 0 Å². The fourth-order valence-corrected chi connectivity index (χ4v) is 1.93. The molecule has 2 aromatic rings. The third-order valence-corrected chi connectivity index (χ3v) is 3.07. The van der Waals surface area contributed by atoms with E-state index in [1.54, 1.807) is 18.2 Å². The van der Waals surface area contributed by atoms with Crippen molar-refractivity contribution in [1.29, 1.82) is 0 Å². The molecule has 4 N–H and O–H groups in total. The quantitative estimate of drug-likeness (QED) is 0.802. The fourth-order valence-electron chi connectivity index (χ4n) is 1.93. The zero-order chi connectivity index (χ0) is 14.7. The maximum Gasteiger partial charge on any atom is 0.259 e. The lowest BCUT2D eigenvalue weighted by Gasteiger charge is -2.10. The van der Waals surface area contributed by atoms with Crippen molar-refractivity contribution in [2.75, 3.05) is 5.32 Å². The first-order valence-corrected chi connectivity index (χ1v) is 6.44. The van der Waals surface area contributed by atoms with Crippen molar-refractivity contribution in [3.05, 3.63) is 59.2 Å². The van der Waals surface area contributed by atoms with Crippen molar-refractivity contribution in [2.45, 2.75) is 19.9 Å². The van der Waals surface area contributed by atoms with E-state index in [0.29, 0.717) is 5.69 Å². The molecule has 4 nitrogen and oxygen atoms in total. The molecule has 0 radical (unpaired) electrons. The summed E-state index contributed by atoms with van der Waals surface area (Å²) in [6, 6.07) is 12.2. The summed E-state index contributed by atoms with van der Waals surface area (Å²) in [5.74, 6) is -0.371. The third-order valence-electron chi connectivity index (χ3n) is 3.07. The Morgan fingerprint density at radius 1 is 1.25 bits per heavy atom. The first-order chi connectivity index (χ1) is 9.47. The number of nitrogens with one attached hydrogen (secondary N) is 1. The number of phenols is 1. The minimum Gasteiger partial charge on any atom is -0.507 e. The number of amides is 1. The summed E-state index contributed by atoms with van der Waals surface area (Å²) in [7, 11) is 0. The smallest absolute Gasteiger partial charge is 0.259 e. The molecule has 0 aliphatic carbocycles. The van der Waals surface area contributed by atoms with E-state index in [0.717, 1.165) is 11.1 Å². The molecule has 1 atom stereocenters. The van der Waals surface area contributed by atoms with Gasteiger partial charge in [-0.3, -0.25) is 4.79 Å². The molecule has 0 fully saturated rings. The Balaban J connectivity index is 2.23. The molecule has 0 aliphatic heterocycles. The number of anilines is 1. The number of aromatic hydroxyl groups is 1. The van der Waals surface area contributed by atoms with Crippen molar-refractivity contribution in [3.8, 4) is 5.75 Å². The highest BCUT2D eigenvalue weighted by Gasteiger charge is 2.12. The van der Waals surface area contributed by atoms with Gasteiger partial charge in [0.15, 0.2) is 0 Å². The van der Waals surface area contributed by atoms with Gasteiger partial charge < -0.3 is 16.2 Å². The minimum absolute atomic E-state index is 0.0311. The molecule has 104 valence electrons. The van der Waals surface area contributed by atoms with Crippen LogP contribution in [0.4, 0.5) is 5.69 Å². The van der Waals surface area contributed by atoms with E-state index in [4.69, 9.17) is 5.73 Å².